The van der Waals surface area contributed by atoms with Gasteiger partial charge in [0, 0.05) is 34.9 Å². The van der Waals surface area contributed by atoms with Gasteiger partial charge in [-0.05, 0) is 35.9 Å². The zero-order chi connectivity index (χ0) is 20.7. The molecule has 4 amide bonds. The first kappa shape index (κ1) is 18.9. The molecule has 2 N–H and O–H groups in total. The minimum absolute atomic E-state index is 0.0419. The Labute approximate surface area is 177 Å². The van der Waals surface area contributed by atoms with Gasteiger partial charge in [0.15, 0.2) is 0 Å². The Morgan fingerprint density at radius 1 is 1.17 bits per heavy atom. The van der Waals surface area contributed by atoms with Gasteiger partial charge in [-0.1, -0.05) is 24.3 Å². The average Bonchev–Trinajstić information content (AvgIpc) is 3.53. The van der Waals surface area contributed by atoms with Crippen LogP contribution in [0.2, 0.25) is 0 Å². The first-order valence-electron chi connectivity index (χ1n) is 10.1. The van der Waals surface area contributed by atoms with Crippen LogP contribution in [0.15, 0.2) is 48.0 Å². The van der Waals surface area contributed by atoms with E-state index in [-0.39, 0.29) is 24.4 Å². The van der Waals surface area contributed by atoms with Crippen LogP contribution in [-0.4, -0.2) is 51.8 Å². The highest BCUT2D eigenvalue weighted by Crippen LogP contribution is 2.34. The molecule has 3 aromatic rings. The fourth-order valence-corrected chi connectivity index (χ4v) is 5.33. The second-order valence-corrected chi connectivity index (χ2v) is 8.73. The van der Waals surface area contributed by atoms with E-state index in [0.29, 0.717) is 13.0 Å². The number of nitrogens with zero attached hydrogens (tertiary/aromatic N) is 2. The summed E-state index contributed by atoms with van der Waals surface area (Å²) in [5, 5.41) is 5.78. The number of nitrogens with one attached hydrogen (secondary N) is 2. The molecule has 0 bridgehead atoms. The fourth-order valence-electron chi connectivity index (χ4n) is 4.45. The average molecular weight is 423 g/mol. The van der Waals surface area contributed by atoms with E-state index in [2.05, 4.69) is 10.3 Å². The summed E-state index contributed by atoms with van der Waals surface area (Å²) in [7, 11) is 0. The standard InChI is InChI=1S/C22H22N4O3S/c27-20(25-9-3-7-18(25)19-8-4-10-30-19)13-26-21(28)17(24-22(26)29)11-14-12-23-16-6-2-1-5-15(14)16/h1-2,4-6,8,10,12,17-18,23H,3,7,9,11,13H2,(H,24,29). The van der Waals surface area contributed by atoms with Gasteiger partial charge < -0.3 is 15.2 Å². The number of H-pyrrole nitrogens is 1. The molecule has 8 heteroatoms. The quantitative estimate of drug-likeness (QED) is 0.620. The van der Waals surface area contributed by atoms with Gasteiger partial charge in [0.25, 0.3) is 5.91 Å². The Morgan fingerprint density at radius 2 is 2.03 bits per heavy atom. The van der Waals surface area contributed by atoms with Crippen molar-refractivity contribution in [1.29, 1.82) is 0 Å². The monoisotopic (exact) mass is 422 g/mol. The molecular formula is C22H22N4O3S. The second kappa shape index (κ2) is 7.60. The van der Waals surface area contributed by atoms with Crippen molar-refractivity contribution in [2.24, 2.45) is 0 Å². The third-order valence-corrected chi connectivity index (χ3v) is 6.92. The maximum Gasteiger partial charge on any atom is 0.325 e. The van der Waals surface area contributed by atoms with Crippen LogP contribution in [0.4, 0.5) is 4.79 Å². The summed E-state index contributed by atoms with van der Waals surface area (Å²) in [5.41, 5.74) is 1.96. The largest absolute Gasteiger partial charge is 0.361 e. The Hall–Kier alpha value is -3.13. The molecule has 0 aliphatic carbocycles. The lowest BCUT2D eigenvalue weighted by atomic mass is 10.1. The van der Waals surface area contributed by atoms with Crippen LogP contribution in [0.3, 0.4) is 0 Å². The lowest BCUT2D eigenvalue weighted by Crippen LogP contribution is -2.43. The summed E-state index contributed by atoms with van der Waals surface area (Å²) >= 11 is 1.63. The molecule has 5 rings (SSSR count). The van der Waals surface area contributed by atoms with Gasteiger partial charge in [0.1, 0.15) is 12.6 Å². The van der Waals surface area contributed by atoms with Crippen LogP contribution < -0.4 is 5.32 Å². The molecule has 2 fully saturated rings. The van der Waals surface area contributed by atoms with E-state index in [0.717, 1.165) is 39.1 Å². The minimum Gasteiger partial charge on any atom is -0.361 e. The number of fused-ring (bicyclic) bond motifs is 1. The third-order valence-electron chi connectivity index (χ3n) is 5.94. The lowest BCUT2D eigenvalue weighted by molar-refractivity contribution is -0.137. The number of benzene rings is 1. The van der Waals surface area contributed by atoms with Gasteiger partial charge in [-0.15, -0.1) is 11.3 Å². The van der Waals surface area contributed by atoms with Crippen LogP contribution >= 0.6 is 11.3 Å². The SMILES string of the molecule is O=C1NC(Cc2c[nH]c3ccccc23)C(=O)N1CC(=O)N1CCCC1c1cccs1. The van der Waals surface area contributed by atoms with Crippen LogP contribution in [0.25, 0.3) is 10.9 Å². The molecule has 4 heterocycles. The Kier molecular flexibility index (Phi) is 4.78. The van der Waals surface area contributed by atoms with Crippen molar-refractivity contribution < 1.29 is 14.4 Å². The Bertz CT molecular complexity index is 1110. The van der Waals surface area contributed by atoms with Crippen LogP contribution in [-0.2, 0) is 16.0 Å². The van der Waals surface area contributed by atoms with Gasteiger partial charge in [-0.25, -0.2) is 4.79 Å². The van der Waals surface area contributed by atoms with Crippen LogP contribution in [0.5, 0.6) is 0 Å². The molecule has 2 aliphatic rings. The number of hydrogen-bond donors (Lipinski definition) is 2. The molecule has 2 unspecified atom stereocenters. The number of rotatable bonds is 5. The van der Waals surface area contributed by atoms with Crippen molar-refractivity contribution >= 4 is 40.1 Å². The van der Waals surface area contributed by atoms with Gasteiger partial charge >= 0.3 is 6.03 Å². The number of aromatic amines is 1. The summed E-state index contributed by atoms with van der Waals surface area (Å²) in [6, 6.07) is 10.8. The van der Waals surface area contributed by atoms with Crippen molar-refractivity contribution in [3.63, 3.8) is 0 Å². The molecule has 2 saturated heterocycles. The number of hydrogen-bond acceptors (Lipinski definition) is 4. The van der Waals surface area contributed by atoms with Crippen molar-refractivity contribution in [2.45, 2.75) is 31.3 Å². The van der Waals surface area contributed by atoms with Gasteiger partial charge in [-0.3, -0.25) is 14.5 Å². The number of carbonyl (C=O) groups excluding carboxylic acids is 3. The maximum absolute atomic E-state index is 12.9. The van der Waals surface area contributed by atoms with Crippen molar-refractivity contribution in [2.75, 3.05) is 13.1 Å². The van der Waals surface area contributed by atoms with Crippen molar-refractivity contribution in [3.8, 4) is 0 Å². The number of amides is 4. The van der Waals surface area contributed by atoms with E-state index in [1.165, 1.54) is 0 Å². The number of thiophene rings is 1. The molecule has 2 aromatic heterocycles. The molecule has 7 nitrogen and oxygen atoms in total. The first-order valence-corrected chi connectivity index (χ1v) is 11.0. The van der Waals surface area contributed by atoms with Crippen molar-refractivity contribution in [3.05, 3.63) is 58.4 Å². The van der Waals surface area contributed by atoms with Gasteiger partial charge in [0.2, 0.25) is 5.91 Å². The summed E-state index contributed by atoms with van der Waals surface area (Å²) in [6.45, 7) is 0.445. The third kappa shape index (κ3) is 3.27. The highest BCUT2D eigenvalue weighted by Gasteiger charge is 2.41. The maximum atomic E-state index is 12.9. The summed E-state index contributed by atoms with van der Waals surface area (Å²) in [5.74, 6) is -0.521. The zero-order valence-electron chi connectivity index (χ0n) is 16.3. The van der Waals surface area contributed by atoms with Gasteiger partial charge in [0.05, 0.1) is 6.04 Å². The zero-order valence-corrected chi connectivity index (χ0v) is 17.2. The second-order valence-electron chi connectivity index (χ2n) is 7.75. The molecule has 30 heavy (non-hydrogen) atoms. The molecule has 0 saturated carbocycles. The van der Waals surface area contributed by atoms with E-state index in [1.54, 1.807) is 16.2 Å². The normalized spacial score (nSPS) is 21.6. The molecule has 2 aliphatic heterocycles. The molecular weight excluding hydrogens is 400 g/mol. The van der Waals surface area contributed by atoms with E-state index < -0.39 is 12.1 Å². The number of likely N-dealkylation sites (tertiary alicyclic amines) is 1. The summed E-state index contributed by atoms with van der Waals surface area (Å²) in [6.07, 6.45) is 4.10. The summed E-state index contributed by atoms with van der Waals surface area (Å²) < 4.78 is 0. The summed E-state index contributed by atoms with van der Waals surface area (Å²) in [4.78, 5) is 45.5. The van der Waals surface area contributed by atoms with E-state index >= 15 is 0 Å². The van der Waals surface area contributed by atoms with Crippen molar-refractivity contribution in [1.82, 2.24) is 20.1 Å². The highest BCUT2D eigenvalue weighted by molar-refractivity contribution is 7.10. The molecule has 1 aromatic carbocycles. The predicted octanol–water partition coefficient (Wildman–Crippen LogP) is 3.06. The number of aromatic nitrogens is 1. The van der Waals surface area contributed by atoms with E-state index in [9.17, 15) is 14.4 Å². The molecule has 154 valence electrons. The smallest absolute Gasteiger partial charge is 0.325 e. The lowest BCUT2D eigenvalue weighted by Gasteiger charge is -2.25. The number of urea groups is 1. The highest BCUT2D eigenvalue weighted by atomic mass is 32.1. The molecule has 2 atom stereocenters. The first-order chi connectivity index (χ1) is 14.6. The number of para-hydroxylation sites is 1. The van der Waals surface area contributed by atoms with Gasteiger partial charge in [-0.2, -0.15) is 0 Å². The Morgan fingerprint density at radius 3 is 2.87 bits per heavy atom. The van der Waals surface area contributed by atoms with E-state index in [1.807, 2.05) is 48.0 Å². The minimum atomic E-state index is -0.656. The number of imide groups is 1. The molecule has 0 radical (unpaired) electrons. The number of carbonyl (C=O) groups is 3. The topological polar surface area (TPSA) is 85.5 Å². The molecule has 0 spiro atoms. The predicted molar refractivity (Wildman–Crippen MR) is 114 cm³/mol. The van der Waals surface area contributed by atoms with E-state index in [4.69, 9.17) is 0 Å². The van der Waals surface area contributed by atoms with Crippen LogP contribution in [0.1, 0.15) is 29.3 Å². The Balaban J connectivity index is 1.28. The van der Waals surface area contributed by atoms with Crippen LogP contribution in [0, 0.1) is 0 Å². The fraction of sp³-hybridized carbons (Fsp3) is 0.318.